The Labute approximate surface area is 136 Å². The number of hydrogen-bond donors (Lipinski definition) is 0. The molecule has 126 valence electrons. The topological polar surface area (TPSA) is 96.7 Å². The third-order valence-corrected chi connectivity index (χ3v) is 3.92. The summed E-state index contributed by atoms with van der Waals surface area (Å²) in [4.78, 5) is 40.9. The normalized spacial score (nSPS) is 11.4. The fraction of sp³-hybridized carbons (Fsp3) is 0.400. The van der Waals surface area contributed by atoms with Gasteiger partial charge in [-0.1, -0.05) is 0 Å². The van der Waals surface area contributed by atoms with Crippen LogP contribution >= 0.6 is 0 Å². The summed E-state index contributed by atoms with van der Waals surface area (Å²) in [7, 11) is 3.21. The van der Waals surface area contributed by atoms with Crippen molar-refractivity contribution >= 4 is 16.9 Å². The van der Waals surface area contributed by atoms with Gasteiger partial charge in [0.2, 0.25) is 5.95 Å². The first kappa shape index (κ1) is 15.9. The molecular weight excluding hydrogens is 312 g/mol. The Hall–Kier alpha value is -2.97. The van der Waals surface area contributed by atoms with Crippen molar-refractivity contribution in [1.82, 2.24) is 28.5 Å². The fourth-order valence-corrected chi connectivity index (χ4v) is 2.81. The number of aromatic nitrogens is 6. The molecule has 0 bridgehead atoms. The van der Waals surface area contributed by atoms with Crippen molar-refractivity contribution in [3.63, 3.8) is 0 Å². The Bertz CT molecular complexity index is 1100. The molecule has 0 aliphatic rings. The molecule has 3 aromatic heterocycles. The summed E-state index contributed by atoms with van der Waals surface area (Å²) in [5.41, 5.74) is 1.09. The highest BCUT2D eigenvalue weighted by atomic mass is 16.2. The van der Waals surface area contributed by atoms with Crippen LogP contribution in [0.2, 0.25) is 0 Å². The van der Waals surface area contributed by atoms with Crippen molar-refractivity contribution in [1.29, 1.82) is 0 Å². The highest BCUT2D eigenvalue weighted by molar-refractivity contribution is 5.76. The minimum absolute atomic E-state index is 0.251. The first-order valence-corrected chi connectivity index (χ1v) is 7.41. The summed E-state index contributed by atoms with van der Waals surface area (Å²) in [6, 6.07) is 1.90. The van der Waals surface area contributed by atoms with E-state index in [-0.39, 0.29) is 23.5 Å². The summed E-state index contributed by atoms with van der Waals surface area (Å²) in [5, 5.41) is 4.37. The Kier molecular flexibility index (Phi) is 3.51. The monoisotopic (exact) mass is 330 g/mol. The molecule has 3 rings (SSSR count). The Morgan fingerprint density at radius 1 is 1.17 bits per heavy atom. The Balaban J connectivity index is 2.41. The van der Waals surface area contributed by atoms with Gasteiger partial charge in [-0.2, -0.15) is 10.1 Å². The first-order valence-electron chi connectivity index (χ1n) is 7.41. The van der Waals surface area contributed by atoms with Crippen LogP contribution in [0.1, 0.15) is 18.3 Å². The van der Waals surface area contributed by atoms with E-state index in [0.717, 1.165) is 16.0 Å². The zero-order valence-electron chi connectivity index (χ0n) is 14.2. The van der Waals surface area contributed by atoms with E-state index in [1.165, 1.54) is 18.5 Å². The largest absolute Gasteiger partial charge is 0.332 e. The number of imidazole rings is 1. The van der Waals surface area contributed by atoms with Crippen molar-refractivity contribution < 1.29 is 4.79 Å². The predicted octanol–water partition coefficient (Wildman–Crippen LogP) is -0.175. The lowest BCUT2D eigenvalue weighted by atomic mass is 10.4. The molecule has 0 radical (unpaired) electrons. The van der Waals surface area contributed by atoms with E-state index in [1.807, 2.05) is 19.9 Å². The van der Waals surface area contributed by atoms with Crippen molar-refractivity contribution in [3.05, 3.63) is 38.3 Å². The van der Waals surface area contributed by atoms with Gasteiger partial charge in [0, 0.05) is 19.8 Å². The average Bonchev–Trinajstić information content (AvgIpc) is 3.00. The van der Waals surface area contributed by atoms with Gasteiger partial charge in [0.1, 0.15) is 5.78 Å². The molecule has 0 saturated carbocycles. The van der Waals surface area contributed by atoms with Gasteiger partial charge in [-0.15, -0.1) is 0 Å². The van der Waals surface area contributed by atoms with Gasteiger partial charge in [-0.3, -0.25) is 18.7 Å². The van der Waals surface area contributed by atoms with Crippen molar-refractivity contribution in [3.8, 4) is 5.95 Å². The summed E-state index contributed by atoms with van der Waals surface area (Å²) >= 11 is 0. The van der Waals surface area contributed by atoms with E-state index in [9.17, 15) is 14.4 Å². The van der Waals surface area contributed by atoms with Crippen molar-refractivity contribution in [2.75, 3.05) is 0 Å². The van der Waals surface area contributed by atoms with Gasteiger partial charge in [-0.05, 0) is 26.8 Å². The maximum Gasteiger partial charge on any atom is 0.332 e. The number of rotatable bonds is 3. The second kappa shape index (κ2) is 5.29. The van der Waals surface area contributed by atoms with Crippen LogP contribution in [0.25, 0.3) is 17.1 Å². The lowest BCUT2D eigenvalue weighted by molar-refractivity contribution is -0.117. The molecule has 0 unspecified atom stereocenters. The Morgan fingerprint density at radius 2 is 1.83 bits per heavy atom. The van der Waals surface area contributed by atoms with E-state index >= 15 is 0 Å². The molecule has 0 saturated heterocycles. The van der Waals surface area contributed by atoms with Gasteiger partial charge < -0.3 is 4.57 Å². The van der Waals surface area contributed by atoms with Gasteiger partial charge in [-0.25, -0.2) is 9.48 Å². The number of hydrogen-bond acceptors (Lipinski definition) is 5. The quantitative estimate of drug-likeness (QED) is 0.664. The number of nitrogens with zero attached hydrogens (tertiary/aromatic N) is 6. The predicted molar refractivity (Wildman–Crippen MR) is 87.5 cm³/mol. The number of ketones is 1. The maximum absolute atomic E-state index is 12.7. The van der Waals surface area contributed by atoms with Gasteiger partial charge >= 0.3 is 5.69 Å². The van der Waals surface area contributed by atoms with Crippen LogP contribution < -0.4 is 11.2 Å². The molecule has 0 amide bonds. The van der Waals surface area contributed by atoms with E-state index < -0.39 is 11.2 Å². The van der Waals surface area contributed by atoms with Crippen LogP contribution in [0, 0.1) is 13.8 Å². The van der Waals surface area contributed by atoms with Crippen LogP contribution in [0.15, 0.2) is 15.7 Å². The first-order chi connectivity index (χ1) is 11.2. The SMILES string of the molecule is CC(=O)Cn1c(=O)c2c(nc(-n3nc(C)cc3C)n2C)n(C)c1=O. The van der Waals surface area contributed by atoms with Gasteiger partial charge in [0.05, 0.1) is 12.2 Å². The highest BCUT2D eigenvalue weighted by Crippen LogP contribution is 2.15. The number of Topliss-reactive ketones (excluding diaryl/α,β-unsaturated/α-hetero) is 1. The molecule has 0 atom stereocenters. The van der Waals surface area contributed by atoms with Crippen LogP contribution in [-0.2, 0) is 25.4 Å². The number of carbonyl (C=O) groups excluding carboxylic acids is 1. The number of carbonyl (C=O) groups is 1. The van der Waals surface area contributed by atoms with E-state index in [0.29, 0.717) is 5.95 Å². The molecule has 0 aromatic carbocycles. The van der Waals surface area contributed by atoms with Crippen LogP contribution in [0.3, 0.4) is 0 Å². The molecule has 3 aromatic rings. The lowest BCUT2D eigenvalue weighted by Crippen LogP contribution is -2.40. The second-order valence-corrected chi connectivity index (χ2v) is 5.92. The minimum atomic E-state index is -0.569. The molecule has 0 fully saturated rings. The number of fused-ring (bicyclic) bond motifs is 1. The zero-order chi connectivity index (χ0) is 17.8. The molecule has 0 aliphatic carbocycles. The molecule has 9 nitrogen and oxygen atoms in total. The summed E-state index contributed by atoms with van der Waals surface area (Å²) in [5.74, 6) is 0.165. The minimum Gasteiger partial charge on any atom is -0.306 e. The molecule has 0 N–H and O–H groups in total. The second-order valence-electron chi connectivity index (χ2n) is 5.92. The molecule has 0 aliphatic heterocycles. The van der Waals surface area contributed by atoms with E-state index in [2.05, 4.69) is 10.1 Å². The highest BCUT2D eigenvalue weighted by Gasteiger charge is 2.20. The maximum atomic E-state index is 12.7. The third kappa shape index (κ3) is 2.20. The Morgan fingerprint density at radius 3 is 2.38 bits per heavy atom. The van der Waals surface area contributed by atoms with Gasteiger partial charge in [0.15, 0.2) is 11.2 Å². The zero-order valence-corrected chi connectivity index (χ0v) is 14.2. The van der Waals surface area contributed by atoms with E-state index in [1.54, 1.807) is 16.3 Å². The molecule has 9 heteroatoms. The van der Waals surface area contributed by atoms with Crippen molar-refractivity contribution in [2.45, 2.75) is 27.3 Å². The third-order valence-electron chi connectivity index (χ3n) is 3.92. The standard InChI is InChI=1S/C15H18N6O3/c1-8-6-9(2)21(17-8)14-16-12-11(18(14)4)13(23)20(7-10(3)22)15(24)19(12)5/h6H,7H2,1-5H3. The van der Waals surface area contributed by atoms with Gasteiger partial charge in [0.25, 0.3) is 5.56 Å². The van der Waals surface area contributed by atoms with Crippen molar-refractivity contribution in [2.24, 2.45) is 14.1 Å². The van der Waals surface area contributed by atoms with Crippen LogP contribution in [0.4, 0.5) is 0 Å². The average molecular weight is 330 g/mol. The lowest BCUT2D eigenvalue weighted by Gasteiger charge is -2.06. The fourth-order valence-electron chi connectivity index (χ4n) is 2.81. The smallest absolute Gasteiger partial charge is 0.306 e. The summed E-state index contributed by atoms with van der Waals surface area (Å²) in [6.07, 6.45) is 0. The van der Waals surface area contributed by atoms with E-state index in [4.69, 9.17) is 0 Å². The molecule has 0 spiro atoms. The molecular formula is C15H18N6O3. The molecule has 24 heavy (non-hydrogen) atoms. The molecule has 3 heterocycles. The number of aryl methyl sites for hydroxylation is 4. The summed E-state index contributed by atoms with van der Waals surface area (Å²) in [6.45, 7) is 4.82. The van der Waals surface area contributed by atoms with Crippen LogP contribution in [-0.4, -0.2) is 34.2 Å². The van der Waals surface area contributed by atoms with Crippen LogP contribution in [0.5, 0.6) is 0 Å². The summed E-state index contributed by atoms with van der Waals surface area (Å²) < 4.78 is 5.41.